The van der Waals surface area contributed by atoms with E-state index < -0.39 is 0 Å². The molecule has 1 aliphatic heterocycles. The number of nitrogens with zero attached hydrogens (tertiary/aromatic N) is 1. The normalized spacial score (nSPS) is 25.6. The van der Waals surface area contributed by atoms with Gasteiger partial charge in [-0.25, -0.2) is 0 Å². The highest BCUT2D eigenvalue weighted by Gasteiger charge is 2.12. The number of aliphatic hydroxyl groups is 1. The van der Waals surface area contributed by atoms with Gasteiger partial charge in [-0.05, 0) is 13.2 Å². The van der Waals surface area contributed by atoms with Crippen molar-refractivity contribution >= 4 is 17.7 Å². The van der Waals surface area contributed by atoms with Crippen LogP contribution in [-0.2, 0) is 0 Å². The van der Waals surface area contributed by atoms with E-state index in [-0.39, 0.29) is 6.10 Å². The van der Waals surface area contributed by atoms with Gasteiger partial charge in [0.25, 0.3) is 0 Å². The average Bonchev–Trinajstić information content (AvgIpc) is 2.09. The molecule has 0 spiro atoms. The molecule has 1 heterocycles. The second kappa shape index (κ2) is 4.57. The molecule has 0 aliphatic carbocycles. The van der Waals surface area contributed by atoms with Crippen molar-refractivity contribution in [3.63, 3.8) is 0 Å². The summed E-state index contributed by atoms with van der Waals surface area (Å²) >= 11 is 1.72. The molecule has 0 fully saturated rings. The lowest BCUT2D eigenvalue weighted by atomic mass is 10.3. The molecule has 5 heteroatoms. The number of guanidine groups is 1. The number of thioether (sulfide) groups is 1. The van der Waals surface area contributed by atoms with Crippen molar-refractivity contribution < 1.29 is 5.11 Å². The molecule has 4 nitrogen and oxygen atoms in total. The van der Waals surface area contributed by atoms with Crippen molar-refractivity contribution in [3.8, 4) is 0 Å². The number of hydrogen-bond acceptors (Lipinski definition) is 5. The molecular weight excluding hydrogens is 174 g/mol. The highest BCUT2D eigenvalue weighted by atomic mass is 32.2. The van der Waals surface area contributed by atoms with Crippen LogP contribution in [0, 0.1) is 0 Å². The van der Waals surface area contributed by atoms with Crippen LogP contribution in [0.1, 0.15) is 6.92 Å². The third-order valence-corrected chi connectivity index (χ3v) is 2.48. The van der Waals surface area contributed by atoms with Crippen LogP contribution >= 0.6 is 11.8 Å². The molecule has 70 valence electrons. The summed E-state index contributed by atoms with van der Waals surface area (Å²) in [7, 11) is 0. The summed E-state index contributed by atoms with van der Waals surface area (Å²) in [5, 5.41) is 15.7. The van der Waals surface area contributed by atoms with Crippen LogP contribution in [-0.4, -0.2) is 41.9 Å². The molecule has 1 rings (SSSR count). The molecule has 0 saturated carbocycles. The van der Waals surface area contributed by atoms with Crippen LogP contribution in [0.3, 0.4) is 0 Å². The Morgan fingerprint density at radius 2 is 2.58 bits per heavy atom. The number of hydrogen-bond donors (Lipinski definition) is 3. The summed E-state index contributed by atoms with van der Waals surface area (Å²) in [6.45, 7) is 3.16. The summed E-state index contributed by atoms with van der Waals surface area (Å²) in [4.78, 5) is 4.13. The predicted molar refractivity (Wildman–Crippen MR) is 52.4 cm³/mol. The lowest BCUT2D eigenvalue weighted by Gasteiger charge is -2.22. The fraction of sp³-hybridized carbons (Fsp3) is 0.857. The van der Waals surface area contributed by atoms with Crippen molar-refractivity contribution in [2.75, 3.05) is 19.3 Å². The van der Waals surface area contributed by atoms with Gasteiger partial charge < -0.3 is 15.7 Å². The number of nitrogens with one attached hydrogen (secondary N) is 2. The first-order valence-corrected chi connectivity index (χ1v) is 5.27. The lowest BCUT2D eigenvalue weighted by molar-refractivity contribution is 0.180. The maximum Gasteiger partial charge on any atom is 0.192 e. The predicted octanol–water partition coefficient (Wildman–Crippen LogP) is -0.395. The first-order valence-electron chi connectivity index (χ1n) is 3.98. The number of aliphatic imine (C=N–C) groups is 1. The smallest absolute Gasteiger partial charge is 0.192 e. The Bertz CT molecular complexity index is 174. The van der Waals surface area contributed by atoms with Crippen LogP contribution in [0.25, 0.3) is 0 Å². The molecule has 0 aromatic rings. The molecule has 0 saturated heterocycles. The fourth-order valence-corrected chi connectivity index (χ4v) is 1.11. The number of rotatable bonds is 2. The van der Waals surface area contributed by atoms with Crippen LogP contribution in [0.5, 0.6) is 0 Å². The van der Waals surface area contributed by atoms with E-state index in [0.717, 1.165) is 5.96 Å². The molecule has 0 aromatic carbocycles. The minimum absolute atomic E-state index is 0.333. The Morgan fingerprint density at radius 3 is 3.08 bits per heavy atom. The number of aliphatic hydroxyl groups excluding tert-OH is 1. The van der Waals surface area contributed by atoms with E-state index in [4.69, 9.17) is 5.11 Å². The van der Waals surface area contributed by atoms with E-state index in [9.17, 15) is 0 Å². The van der Waals surface area contributed by atoms with Crippen LogP contribution < -0.4 is 10.6 Å². The van der Waals surface area contributed by atoms with E-state index >= 15 is 0 Å². The van der Waals surface area contributed by atoms with Crippen LogP contribution in [0.15, 0.2) is 4.99 Å². The SMILES string of the molecule is CSC(C)NC1=NCC(O)CN1. The summed E-state index contributed by atoms with van der Waals surface area (Å²) < 4.78 is 0. The molecule has 2 atom stereocenters. The van der Waals surface area contributed by atoms with Gasteiger partial charge in [-0.3, -0.25) is 4.99 Å². The van der Waals surface area contributed by atoms with E-state index in [2.05, 4.69) is 22.5 Å². The second-order valence-electron chi connectivity index (χ2n) is 2.75. The minimum Gasteiger partial charge on any atom is -0.389 e. The average molecular weight is 189 g/mol. The van der Waals surface area contributed by atoms with Crippen molar-refractivity contribution in [2.45, 2.75) is 18.4 Å². The first-order chi connectivity index (χ1) is 5.72. The quantitative estimate of drug-likeness (QED) is 0.518. The molecule has 2 unspecified atom stereocenters. The molecule has 0 aromatic heterocycles. The summed E-state index contributed by atoms with van der Waals surface area (Å²) in [6.07, 6.45) is 1.70. The highest BCUT2D eigenvalue weighted by molar-refractivity contribution is 7.99. The Kier molecular flexibility index (Phi) is 3.68. The minimum atomic E-state index is -0.333. The van der Waals surface area contributed by atoms with Gasteiger partial charge in [0.2, 0.25) is 0 Å². The zero-order chi connectivity index (χ0) is 8.97. The van der Waals surface area contributed by atoms with Gasteiger partial charge in [0.05, 0.1) is 18.0 Å². The van der Waals surface area contributed by atoms with Crippen LogP contribution in [0.2, 0.25) is 0 Å². The van der Waals surface area contributed by atoms with Gasteiger partial charge in [-0.1, -0.05) is 0 Å². The van der Waals surface area contributed by atoms with E-state index in [1.54, 1.807) is 11.8 Å². The molecule has 1 aliphatic rings. The Labute approximate surface area is 76.8 Å². The lowest BCUT2D eigenvalue weighted by Crippen LogP contribution is -2.48. The van der Waals surface area contributed by atoms with Crippen molar-refractivity contribution in [2.24, 2.45) is 4.99 Å². The van der Waals surface area contributed by atoms with Gasteiger partial charge in [0.15, 0.2) is 5.96 Å². The molecule has 3 N–H and O–H groups in total. The standard InChI is InChI=1S/C7H15N3OS/c1-5(12-2)10-7-8-3-6(11)4-9-7/h5-6,11H,3-4H2,1-2H3,(H2,8,9,10). The molecule has 0 amide bonds. The Balaban J connectivity index is 2.33. The van der Waals surface area contributed by atoms with E-state index in [1.807, 2.05) is 6.26 Å². The zero-order valence-corrected chi connectivity index (χ0v) is 8.19. The summed E-state index contributed by atoms with van der Waals surface area (Å²) in [6, 6.07) is 0. The van der Waals surface area contributed by atoms with Gasteiger partial charge in [-0.15, -0.1) is 11.8 Å². The highest BCUT2D eigenvalue weighted by Crippen LogP contribution is 2.00. The zero-order valence-electron chi connectivity index (χ0n) is 7.37. The van der Waals surface area contributed by atoms with E-state index in [1.165, 1.54) is 0 Å². The monoisotopic (exact) mass is 189 g/mol. The first kappa shape index (κ1) is 9.67. The van der Waals surface area contributed by atoms with Gasteiger partial charge in [0, 0.05) is 6.54 Å². The van der Waals surface area contributed by atoms with Crippen molar-refractivity contribution in [1.82, 2.24) is 10.6 Å². The Morgan fingerprint density at radius 1 is 1.83 bits per heavy atom. The topological polar surface area (TPSA) is 56.7 Å². The van der Waals surface area contributed by atoms with Crippen molar-refractivity contribution in [1.29, 1.82) is 0 Å². The summed E-state index contributed by atoms with van der Waals surface area (Å²) in [5.41, 5.74) is 0. The van der Waals surface area contributed by atoms with Gasteiger partial charge in [-0.2, -0.15) is 0 Å². The van der Waals surface area contributed by atoms with Crippen molar-refractivity contribution in [3.05, 3.63) is 0 Å². The molecule has 0 bridgehead atoms. The third kappa shape index (κ3) is 2.91. The largest absolute Gasteiger partial charge is 0.389 e. The van der Waals surface area contributed by atoms with Crippen LogP contribution in [0.4, 0.5) is 0 Å². The molecular formula is C7H15N3OS. The van der Waals surface area contributed by atoms with Gasteiger partial charge >= 0.3 is 0 Å². The molecule has 0 radical (unpaired) electrons. The van der Waals surface area contributed by atoms with Gasteiger partial charge in [0.1, 0.15) is 0 Å². The Hall–Kier alpha value is -0.420. The number of β-amino-alcohol motifs (C(OH)–C–C–N with tert-alkyl or cyclic N) is 1. The maximum absolute atomic E-state index is 9.12. The summed E-state index contributed by atoms with van der Waals surface area (Å²) in [5.74, 6) is 0.794. The van der Waals surface area contributed by atoms with E-state index in [0.29, 0.717) is 18.5 Å². The molecule has 12 heavy (non-hydrogen) atoms. The second-order valence-corrected chi connectivity index (χ2v) is 3.92. The third-order valence-electron chi connectivity index (χ3n) is 1.66. The fourth-order valence-electron chi connectivity index (χ4n) is 0.880. The maximum atomic E-state index is 9.12.